The highest BCUT2D eigenvalue weighted by molar-refractivity contribution is 6.01. The lowest BCUT2D eigenvalue weighted by atomic mass is 10.1. The van der Waals surface area contributed by atoms with Gasteiger partial charge in [-0.25, -0.2) is 4.98 Å². The summed E-state index contributed by atoms with van der Waals surface area (Å²) in [5.74, 6) is 0.455. The van der Waals surface area contributed by atoms with Crippen LogP contribution in [0.1, 0.15) is 23.7 Å². The summed E-state index contributed by atoms with van der Waals surface area (Å²) < 4.78 is 0. The van der Waals surface area contributed by atoms with E-state index in [9.17, 15) is 9.59 Å². The number of pyridine rings is 1. The minimum absolute atomic E-state index is 0.0792. The van der Waals surface area contributed by atoms with Gasteiger partial charge in [-0.3, -0.25) is 9.59 Å². The summed E-state index contributed by atoms with van der Waals surface area (Å²) in [5, 5.41) is 4.45. The van der Waals surface area contributed by atoms with Crippen LogP contribution >= 0.6 is 0 Å². The number of nitrogens with zero attached hydrogens (tertiary/aromatic N) is 1. The second-order valence-corrected chi connectivity index (χ2v) is 3.66. The topological polar surface area (TPSA) is 59.1 Å². The molecule has 0 aliphatic carbocycles. The highest BCUT2D eigenvalue weighted by atomic mass is 16.1. The van der Waals surface area contributed by atoms with Crippen molar-refractivity contribution in [2.24, 2.45) is 0 Å². The Morgan fingerprint density at radius 2 is 2.24 bits per heavy atom. The predicted molar refractivity (Wildman–Crippen MR) is 66.1 cm³/mol. The van der Waals surface area contributed by atoms with E-state index in [1.807, 2.05) is 6.07 Å². The number of hydrogen-bond acceptors (Lipinski definition) is 3. The zero-order valence-electron chi connectivity index (χ0n) is 9.43. The number of amides is 1. The van der Waals surface area contributed by atoms with Gasteiger partial charge in [0.05, 0.1) is 0 Å². The molecule has 4 heteroatoms. The molecule has 2 rings (SSSR count). The first-order valence-corrected chi connectivity index (χ1v) is 5.38. The molecule has 1 aromatic heterocycles. The van der Waals surface area contributed by atoms with Crippen LogP contribution in [-0.2, 0) is 4.79 Å². The van der Waals surface area contributed by atoms with Gasteiger partial charge in [-0.1, -0.05) is 13.0 Å². The number of fused-ring (bicyclic) bond motifs is 1. The molecule has 0 aliphatic rings. The SMILES string of the molecule is CCC(=O)Nc1nccc2cc(C=O)ccc12. The highest BCUT2D eigenvalue weighted by Crippen LogP contribution is 2.21. The number of carbonyl (C=O) groups excluding carboxylic acids is 2. The molecule has 0 fully saturated rings. The fraction of sp³-hybridized carbons (Fsp3) is 0.154. The lowest BCUT2D eigenvalue weighted by Crippen LogP contribution is -2.10. The van der Waals surface area contributed by atoms with Crippen molar-refractivity contribution in [2.45, 2.75) is 13.3 Å². The standard InChI is InChI=1S/C13H12N2O2/c1-2-12(17)15-13-11-4-3-9(8-16)7-10(11)5-6-14-13/h3-8H,2H2,1H3,(H,14,15,17). The molecule has 0 bridgehead atoms. The third-order valence-electron chi connectivity index (χ3n) is 2.50. The van der Waals surface area contributed by atoms with E-state index in [0.29, 0.717) is 17.8 Å². The van der Waals surface area contributed by atoms with Crippen LogP contribution in [0.4, 0.5) is 5.82 Å². The van der Waals surface area contributed by atoms with Crippen molar-refractivity contribution in [1.29, 1.82) is 0 Å². The molecular formula is C13H12N2O2. The number of carbonyl (C=O) groups is 2. The van der Waals surface area contributed by atoms with E-state index >= 15 is 0 Å². The number of nitrogens with one attached hydrogen (secondary N) is 1. The van der Waals surface area contributed by atoms with Gasteiger partial charge in [-0.15, -0.1) is 0 Å². The number of benzene rings is 1. The maximum absolute atomic E-state index is 11.3. The highest BCUT2D eigenvalue weighted by Gasteiger charge is 2.05. The van der Waals surface area contributed by atoms with Crippen molar-refractivity contribution in [1.82, 2.24) is 4.98 Å². The van der Waals surface area contributed by atoms with Gasteiger partial charge in [0.25, 0.3) is 0 Å². The average Bonchev–Trinajstić information content (AvgIpc) is 2.38. The molecular weight excluding hydrogens is 216 g/mol. The van der Waals surface area contributed by atoms with Crippen LogP contribution in [0, 0.1) is 0 Å². The third kappa shape index (κ3) is 2.30. The number of rotatable bonds is 3. The van der Waals surface area contributed by atoms with E-state index in [2.05, 4.69) is 10.3 Å². The fourth-order valence-corrected chi connectivity index (χ4v) is 1.59. The molecule has 0 atom stereocenters. The average molecular weight is 228 g/mol. The molecule has 0 radical (unpaired) electrons. The molecule has 2 aromatic rings. The quantitative estimate of drug-likeness (QED) is 0.820. The summed E-state index contributed by atoms with van der Waals surface area (Å²) in [7, 11) is 0. The zero-order valence-corrected chi connectivity index (χ0v) is 9.43. The van der Waals surface area contributed by atoms with Crippen LogP contribution in [-0.4, -0.2) is 17.2 Å². The molecule has 1 N–H and O–H groups in total. The predicted octanol–water partition coefficient (Wildman–Crippen LogP) is 2.40. The maximum Gasteiger partial charge on any atom is 0.225 e. The van der Waals surface area contributed by atoms with E-state index in [1.165, 1.54) is 0 Å². The largest absolute Gasteiger partial charge is 0.310 e. The lowest BCUT2D eigenvalue weighted by molar-refractivity contribution is -0.115. The van der Waals surface area contributed by atoms with Crippen molar-refractivity contribution >= 4 is 28.8 Å². The van der Waals surface area contributed by atoms with Crippen LogP contribution in [0.3, 0.4) is 0 Å². The van der Waals surface area contributed by atoms with Gasteiger partial charge in [0.2, 0.25) is 5.91 Å². The number of aldehydes is 1. The normalized spacial score (nSPS) is 10.2. The smallest absolute Gasteiger partial charge is 0.225 e. The van der Waals surface area contributed by atoms with E-state index < -0.39 is 0 Å². The van der Waals surface area contributed by atoms with Crippen molar-refractivity contribution in [3.8, 4) is 0 Å². The van der Waals surface area contributed by atoms with Gasteiger partial charge in [-0.05, 0) is 23.6 Å². The first kappa shape index (κ1) is 11.3. The molecule has 0 saturated heterocycles. The summed E-state index contributed by atoms with van der Waals surface area (Å²) in [4.78, 5) is 26.1. The Morgan fingerprint density at radius 3 is 2.94 bits per heavy atom. The lowest BCUT2D eigenvalue weighted by Gasteiger charge is -2.06. The Kier molecular flexibility index (Phi) is 3.14. The van der Waals surface area contributed by atoms with Crippen LogP contribution in [0.2, 0.25) is 0 Å². The Hall–Kier alpha value is -2.23. The first-order chi connectivity index (χ1) is 8.24. The van der Waals surface area contributed by atoms with Crippen LogP contribution < -0.4 is 5.32 Å². The van der Waals surface area contributed by atoms with Crippen molar-refractivity contribution < 1.29 is 9.59 Å². The Morgan fingerprint density at radius 1 is 1.41 bits per heavy atom. The summed E-state index contributed by atoms with van der Waals surface area (Å²) in [5.41, 5.74) is 0.608. The molecule has 0 spiro atoms. The Balaban J connectivity index is 2.50. The monoisotopic (exact) mass is 228 g/mol. The molecule has 1 amide bonds. The second kappa shape index (κ2) is 4.74. The zero-order chi connectivity index (χ0) is 12.3. The molecule has 86 valence electrons. The van der Waals surface area contributed by atoms with E-state index in [1.54, 1.807) is 31.3 Å². The van der Waals surface area contributed by atoms with Crippen molar-refractivity contribution in [3.05, 3.63) is 36.0 Å². The summed E-state index contributed by atoms with van der Waals surface area (Å²) >= 11 is 0. The van der Waals surface area contributed by atoms with Crippen molar-refractivity contribution in [3.63, 3.8) is 0 Å². The van der Waals surface area contributed by atoms with Gasteiger partial charge in [0.1, 0.15) is 12.1 Å². The molecule has 0 saturated carbocycles. The molecule has 1 aromatic carbocycles. The first-order valence-electron chi connectivity index (χ1n) is 5.38. The molecule has 0 aliphatic heterocycles. The molecule has 17 heavy (non-hydrogen) atoms. The van der Waals surface area contributed by atoms with E-state index in [-0.39, 0.29) is 5.91 Å². The van der Waals surface area contributed by atoms with Gasteiger partial charge >= 0.3 is 0 Å². The van der Waals surface area contributed by atoms with Crippen molar-refractivity contribution in [2.75, 3.05) is 5.32 Å². The number of anilines is 1. The maximum atomic E-state index is 11.3. The van der Waals surface area contributed by atoms with Gasteiger partial charge in [0, 0.05) is 23.6 Å². The van der Waals surface area contributed by atoms with Gasteiger partial charge in [-0.2, -0.15) is 0 Å². The number of aromatic nitrogens is 1. The summed E-state index contributed by atoms with van der Waals surface area (Å²) in [6.45, 7) is 1.78. The van der Waals surface area contributed by atoms with Gasteiger partial charge < -0.3 is 5.32 Å². The summed E-state index contributed by atoms with van der Waals surface area (Å²) in [6.07, 6.45) is 2.82. The Labute approximate surface area is 98.7 Å². The van der Waals surface area contributed by atoms with Crippen LogP contribution in [0.5, 0.6) is 0 Å². The second-order valence-electron chi connectivity index (χ2n) is 3.66. The minimum Gasteiger partial charge on any atom is -0.310 e. The van der Waals surface area contributed by atoms with Crippen LogP contribution in [0.15, 0.2) is 30.5 Å². The molecule has 1 heterocycles. The Bertz CT molecular complexity index is 579. The van der Waals surface area contributed by atoms with Gasteiger partial charge in [0.15, 0.2) is 0 Å². The number of hydrogen-bond donors (Lipinski definition) is 1. The van der Waals surface area contributed by atoms with E-state index in [0.717, 1.165) is 17.1 Å². The van der Waals surface area contributed by atoms with Crippen LogP contribution in [0.25, 0.3) is 10.8 Å². The van der Waals surface area contributed by atoms with E-state index in [4.69, 9.17) is 0 Å². The minimum atomic E-state index is -0.0792. The fourth-order valence-electron chi connectivity index (χ4n) is 1.59. The molecule has 4 nitrogen and oxygen atoms in total. The summed E-state index contributed by atoms with van der Waals surface area (Å²) in [6, 6.07) is 7.07. The third-order valence-corrected chi connectivity index (χ3v) is 2.50. The molecule has 0 unspecified atom stereocenters.